The van der Waals surface area contributed by atoms with Crippen LogP contribution < -0.4 is 15.6 Å². The minimum absolute atomic E-state index is 0.185. The normalized spacial score (nSPS) is 10.4. The maximum atomic E-state index is 13.0. The Kier molecular flexibility index (Phi) is 5.61. The van der Waals surface area contributed by atoms with E-state index in [1.165, 1.54) is 29.1 Å². The number of hydrogen-bond donors (Lipinski definition) is 1. The minimum Gasteiger partial charge on any atom is -0.492 e. The average Bonchev–Trinajstić information content (AvgIpc) is 2.66. The number of nitrogens with zero attached hydrogens (tertiary/aromatic N) is 2. The number of amides is 1. The van der Waals surface area contributed by atoms with Crippen LogP contribution in [-0.4, -0.2) is 22.1 Å². The zero-order valence-electron chi connectivity index (χ0n) is 14.7. The molecule has 0 saturated heterocycles. The topological polar surface area (TPSA) is 73.2 Å². The molecule has 3 rings (SSSR count). The molecule has 0 saturated carbocycles. The van der Waals surface area contributed by atoms with Crippen LogP contribution in [0.3, 0.4) is 0 Å². The molecule has 0 aliphatic rings. The smallest absolute Gasteiger partial charge is 0.254 e. The molecule has 0 spiro atoms. The second-order valence-electron chi connectivity index (χ2n) is 5.72. The van der Waals surface area contributed by atoms with Crippen LogP contribution in [0, 0.1) is 5.82 Å². The number of nitrogens with one attached hydrogen (secondary N) is 1. The van der Waals surface area contributed by atoms with Crippen LogP contribution in [-0.2, 0) is 11.3 Å². The Morgan fingerprint density at radius 1 is 1.19 bits per heavy atom. The van der Waals surface area contributed by atoms with E-state index in [0.717, 1.165) is 0 Å². The summed E-state index contributed by atoms with van der Waals surface area (Å²) in [5.41, 5.74) is 1.19. The molecule has 2 aromatic carbocycles. The lowest BCUT2D eigenvalue weighted by molar-refractivity contribution is -0.116. The fraction of sp³-hybridized carbons (Fsp3) is 0.150. The number of carbonyl (C=O) groups is 1. The third-order valence-corrected chi connectivity index (χ3v) is 3.79. The summed E-state index contributed by atoms with van der Waals surface area (Å²) in [6.07, 6.45) is 1.30. The number of carbonyl (C=O) groups excluding carboxylic acids is 1. The van der Waals surface area contributed by atoms with Crippen molar-refractivity contribution in [3.63, 3.8) is 0 Å². The highest BCUT2D eigenvalue weighted by Gasteiger charge is 2.10. The Balaban J connectivity index is 1.73. The molecule has 1 aromatic heterocycles. The molecule has 0 aliphatic heterocycles. The van der Waals surface area contributed by atoms with Gasteiger partial charge in [0.05, 0.1) is 24.3 Å². The van der Waals surface area contributed by atoms with Crippen molar-refractivity contribution in [1.82, 2.24) is 9.55 Å². The third-order valence-electron chi connectivity index (χ3n) is 3.79. The molecule has 0 fully saturated rings. The van der Waals surface area contributed by atoms with Crippen LogP contribution >= 0.6 is 0 Å². The molecule has 0 atom stereocenters. The van der Waals surface area contributed by atoms with E-state index in [-0.39, 0.29) is 23.8 Å². The molecule has 0 unspecified atom stereocenters. The first-order valence-corrected chi connectivity index (χ1v) is 8.41. The highest BCUT2D eigenvalue weighted by molar-refractivity contribution is 5.92. The minimum atomic E-state index is -0.377. The van der Waals surface area contributed by atoms with E-state index < -0.39 is 0 Å². The van der Waals surface area contributed by atoms with Crippen molar-refractivity contribution < 1.29 is 13.9 Å². The number of ether oxygens (including phenoxy) is 1. The maximum Gasteiger partial charge on any atom is 0.254 e. The molecular weight excluding hydrogens is 349 g/mol. The number of halogens is 1. The zero-order chi connectivity index (χ0) is 19.2. The summed E-state index contributed by atoms with van der Waals surface area (Å²) >= 11 is 0. The first kappa shape index (κ1) is 18.3. The van der Waals surface area contributed by atoms with Gasteiger partial charge in [-0.25, -0.2) is 9.37 Å². The molecule has 0 aliphatic carbocycles. The van der Waals surface area contributed by atoms with Gasteiger partial charge >= 0.3 is 0 Å². The number of para-hydroxylation sites is 2. The maximum absolute atomic E-state index is 13.0. The SMILES string of the molecule is CCOc1ccccc1NC(=O)Cn1cnc(-c2ccc(F)cc2)cc1=O. The van der Waals surface area contributed by atoms with Gasteiger partial charge in [0.2, 0.25) is 5.91 Å². The monoisotopic (exact) mass is 367 g/mol. The molecule has 6 nitrogen and oxygen atoms in total. The Bertz CT molecular complexity index is 1000. The predicted octanol–water partition coefficient (Wildman–Crippen LogP) is 3.09. The lowest BCUT2D eigenvalue weighted by Gasteiger charge is -2.12. The quantitative estimate of drug-likeness (QED) is 0.727. The Labute approximate surface area is 155 Å². The Hall–Kier alpha value is -3.48. The summed E-state index contributed by atoms with van der Waals surface area (Å²) in [5.74, 6) is -0.179. The van der Waals surface area contributed by atoms with E-state index >= 15 is 0 Å². The van der Waals surface area contributed by atoms with Crippen LogP contribution in [0.25, 0.3) is 11.3 Å². The fourth-order valence-electron chi connectivity index (χ4n) is 2.52. The molecule has 1 amide bonds. The van der Waals surface area contributed by atoms with E-state index in [0.29, 0.717) is 29.3 Å². The number of hydrogen-bond acceptors (Lipinski definition) is 4. The van der Waals surface area contributed by atoms with Gasteiger partial charge in [0.25, 0.3) is 5.56 Å². The molecule has 3 aromatic rings. The zero-order valence-corrected chi connectivity index (χ0v) is 14.7. The van der Waals surface area contributed by atoms with Crippen molar-refractivity contribution in [1.29, 1.82) is 0 Å². The molecule has 0 bridgehead atoms. The largest absolute Gasteiger partial charge is 0.492 e. The van der Waals surface area contributed by atoms with Crippen LogP contribution in [0.2, 0.25) is 0 Å². The standard InChI is InChI=1S/C20H18FN3O3/c1-2-27-18-6-4-3-5-16(18)23-19(25)12-24-13-22-17(11-20(24)26)14-7-9-15(21)10-8-14/h3-11,13H,2,12H2,1H3,(H,23,25). The number of benzene rings is 2. The summed E-state index contributed by atoms with van der Waals surface area (Å²) in [6.45, 7) is 2.14. The van der Waals surface area contributed by atoms with Crippen LogP contribution in [0.4, 0.5) is 10.1 Å². The van der Waals surface area contributed by atoms with Crippen molar-refractivity contribution in [3.8, 4) is 17.0 Å². The second kappa shape index (κ2) is 8.27. The van der Waals surface area contributed by atoms with Gasteiger partial charge in [-0.1, -0.05) is 12.1 Å². The number of rotatable bonds is 6. The summed E-state index contributed by atoms with van der Waals surface area (Å²) in [7, 11) is 0. The Morgan fingerprint density at radius 3 is 2.63 bits per heavy atom. The van der Waals surface area contributed by atoms with E-state index in [1.807, 2.05) is 13.0 Å². The molecule has 27 heavy (non-hydrogen) atoms. The van der Waals surface area contributed by atoms with E-state index in [9.17, 15) is 14.0 Å². The van der Waals surface area contributed by atoms with Crippen LogP contribution in [0.1, 0.15) is 6.92 Å². The first-order valence-electron chi connectivity index (χ1n) is 8.41. The van der Waals surface area contributed by atoms with Gasteiger partial charge in [0.1, 0.15) is 18.1 Å². The van der Waals surface area contributed by atoms with Crippen molar-refractivity contribution >= 4 is 11.6 Å². The highest BCUT2D eigenvalue weighted by atomic mass is 19.1. The van der Waals surface area contributed by atoms with Gasteiger partial charge in [-0.15, -0.1) is 0 Å². The number of anilines is 1. The summed E-state index contributed by atoms with van der Waals surface area (Å²) in [6, 6.07) is 14.1. The van der Waals surface area contributed by atoms with Gasteiger partial charge in [0, 0.05) is 11.6 Å². The fourth-order valence-corrected chi connectivity index (χ4v) is 2.52. The van der Waals surface area contributed by atoms with Crippen LogP contribution in [0.15, 0.2) is 65.7 Å². The second-order valence-corrected chi connectivity index (χ2v) is 5.72. The molecule has 1 heterocycles. The van der Waals surface area contributed by atoms with Gasteiger partial charge in [0.15, 0.2) is 0 Å². The molecule has 138 valence electrons. The third kappa shape index (κ3) is 4.58. The van der Waals surface area contributed by atoms with E-state index in [1.54, 1.807) is 30.3 Å². The lowest BCUT2D eigenvalue weighted by Crippen LogP contribution is -2.27. The van der Waals surface area contributed by atoms with Gasteiger partial charge < -0.3 is 10.1 Å². The van der Waals surface area contributed by atoms with Crippen molar-refractivity contribution in [2.24, 2.45) is 0 Å². The van der Waals surface area contributed by atoms with Crippen molar-refractivity contribution in [2.45, 2.75) is 13.5 Å². The van der Waals surface area contributed by atoms with E-state index in [2.05, 4.69) is 10.3 Å². The van der Waals surface area contributed by atoms with E-state index in [4.69, 9.17) is 4.74 Å². The predicted molar refractivity (Wildman–Crippen MR) is 100 cm³/mol. The molecule has 1 N–H and O–H groups in total. The van der Waals surface area contributed by atoms with Crippen molar-refractivity contribution in [3.05, 3.63) is 77.1 Å². The van der Waals surface area contributed by atoms with Crippen LogP contribution in [0.5, 0.6) is 5.75 Å². The summed E-state index contributed by atoms with van der Waals surface area (Å²) < 4.78 is 19.7. The number of aromatic nitrogens is 2. The van der Waals surface area contributed by atoms with Gasteiger partial charge in [-0.2, -0.15) is 0 Å². The average molecular weight is 367 g/mol. The molecule has 7 heteroatoms. The lowest BCUT2D eigenvalue weighted by atomic mass is 10.1. The van der Waals surface area contributed by atoms with Gasteiger partial charge in [-0.3, -0.25) is 14.2 Å². The highest BCUT2D eigenvalue weighted by Crippen LogP contribution is 2.23. The first-order chi connectivity index (χ1) is 13.1. The molecule has 0 radical (unpaired) electrons. The van der Waals surface area contributed by atoms with Gasteiger partial charge in [-0.05, 0) is 43.3 Å². The summed E-state index contributed by atoms with van der Waals surface area (Å²) in [4.78, 5) is 28.8. The Morgan fingerprint density at radius 2 is 1.93 bits per heavy atom. The summed E-state index contributed by atoms with van der Waals surface area (Å²) in [5, 5.41) is 2.73. The van der Waals surface area contributed by atoms with Crippen molar-refractivity contribution in [2.75, 3.05) is 11.9 Å². The molecular formula is C20H18FN3O3.